The zero-order chi connectivity index (χ0) is 28.4. The number of nitrogens with zero attached hydrogens (tertiary/aromatic N) is 1. The van der Waals surface area contributed by atoms with E-state index < -0.39 is 34.0 Å². The molecule has 8 nitrogen and oxygen atoms in total. The van der Waals surface area contributed by atoms with Crippen LogP contribution in [0.2, 0.25) is 0 Å². The van der Waals surface area contributed by atoms with Crippen molar-refractivity contribution in [1.82, 2.24) is 10.6 Å². The third-order valence-electron chi connectivity index (χ3n) is 4.92. The summed E-state index contributed by atoms with van der Waals surface area (Å²) < 4.78 is 64.9. The molecule has 2 aromatic carbocycles. The summed E-state index contributed by atoms with van der Waals surface area (Å²) >= 11 is 0. The van der Waals surface area contributed by atoms with Crippen molar-refractivity contribution >= 4 is 21.7 Å². The number of benzene rings is 2. The zero-order valence-corrected chi connectivity index (χ0v) is 21.8. The fraction of sp³-hybridized carbons (Fsp3) is 0.400. The molecule has 2 rings (SSSR count). The van der Waals surface area contributed by atoms with E-state index in [2.05, 4.69) is 16.4 Å². The molecular weight excluding hydrogens is 509 g/mol. The number of sulfone groups is 1. The van der Waals surface area contributed by atoms with Gasteiger partial charge in [-0.2, -0.15) is 18.4 Å². The van der Waals surface area contributed by atoms with Gasteiger partial charge in [0.2, 0.25) is 11.8 Å². The second-order valence-electron chi connectivity index (χ2n) is 8.73. The minimum Gasteiger partial charge on any atom is -0.370 e. The quantitative estimate of drug-likeness (QED) is 0.416. The predicted octanol–water partition coefficient (Wildman–Crippen LogP) is 3.50. The molecule has 1 unspecified atom stereocenters. The van der Waals surface area contributed by atoms with Crippen LogP contribution in [0.1, 0.15) is 38.8 Å². The number of carbonyl (C=O) groups excluding carboxylic acids is 2. The van der Waals surface area contributed by atoms with Crippen LogP contribution in [-0.2, 0) is 19.4 Å². The number of halogens is 3. The van der Waals surface area contributed by atoms with Gasteiger partial charge in [-0.25, -0.2) is 8.42 Å². The van der Waals surface area contributed by atoms with Gasteiger partial charge >= 0.3 is 6.18 Å². The van der Waals surface area contributed by atoms with E-state index in [0.717, 1.165) is 6.26 Å². The molecule has 0 bridgehead atoms. The maximum Gasteiger partial charge on any atom is 0.407 e. The third kappa shape index (κ3) is 11.0. The number of amides is 2. The van der Waals surface area contributed by atoms with E-state index in [1.807, 2.05) is 0 Å². The lowest BCUT2D eigenvalue weighted by atomic mass is 9.97. The van der Waals surface area contributed by atoms with E-state index in [-0.39, 0.29) is 35.2 Å². The molecule has 0 aromatic heterocycles. The molecule has 2 aromatic rings. The van der Waals surface area contributed by atoms with Crippen molar-refractivity contribution < 1.29 is 31.2 Å². The molecule has 12 heteroatoms. The second-order valence-corrected chi connectivity index (χ2v) is 10.7. The number of rotatable bonds is 9. The SMILES string of the molecule is CC(C)C[C@H](NC(c1ccc(-c2ccc(S(C)(=O)=O)cc2)cc1)C(F)(F)F)C(=O)NCC#N.CC(N)=O. The largest absolute Gasteiger partial charge is 0.407 e. The molecule has 0 aliphatic rings. The molecule has 2 atom stereocenters. The summed E-state index contributed by atoms with van der Waals surface area (Å²) in [6.07, 6.45) is -3.41. The number of nitrogens with one attached hydrogen (secondary N) is 2. The molecule has 0 spiro atoms. The van der Waals surface area contributed by atoms with Gasteiger partial charge in [-0.1, -0.05) is 50.2 Å². The monoisotopic (exact) mass is 540 g/mol. The maximum atomic E-state index is 13.9. The molecular formula is C25H31F3N4O4S. The summed E-state index contributed by atoms with van der Waals surface area (Å²) in [5.41, 5.74) is 5.67. The van der Waals surface area contributed by atoms with Crippen molar-refractivity contribution in [3.8, 4) is 17.2 Å². The van der Waals surface area contributed by atoms with Crippen LogP contribution in [0.5, 0.6) is 0 Å². The Balaban J connectivity index is 0.00000159. The topological polar surface area (TPSA) is 142 Å². The summed E-state index contributed by atoms with van der Waals surface area (Å²) in [7, 11) is -3.35. The van der Waals surface area contributed by atoms with Gasteiger partial charge in [-0.05, 0) is 41.2 Å². The molecule has 0 radical (unpaired) electrons. The highest BCUT2D eigenvalue weighted by molar-refractivity contribution is 7.90. The first-order valence-corrected chi connectivity index (χ1v) is 13.1. The van der Waals surface area contributed by atoms with Gasteiger partial charge < -0.3 is 11.1 Å². The van der Waals surface area contributed by atoms with E-state index in [1.165, 1.54) is 43.3 Å². The average molecular weight is 541 g/mol. The van der Waals surface area contributed by atoms with Crippen LogP contribution in [0.4, 0.5) is 13.2 Å². The number of hydrogen-bond acceptors (Lipinski definition) is 6. The number of hydrogen-bond donors (Lipinski definition) is 3. The van der Waals surface area contributed by atoms with Crippen molar-refractivity contribution in [1.29, 1.82) is 5.26 Å². The lowest BCUT2D eigenvalue weighted by Crippen LogP contribution is -2.49. The van der Waals surface area contributed by atoms with Crippen molar-refractivity contribution in [2.24, 2.45) is 11.7 Å². The summed E-state index contributed by atoms with van der Waals surface area (Å²) in [5.74, 6) is -1.05. The highest BCUT2D eigenvalue weighted by Crippen LogP contribution is 2.34. The molecule has 0 aliphatic heterocycles. The molecule has 202 valence electrons. The molecule has 0 fully saturated rings. The van der Waals surface area contributed by atoms with Crippen LogP contribution in [0.15, 0.2) is 53.4 Å². The Kier molecular flexibility index (Phi) is 11.8. The number of alkyl halides is 3. The van der Waals surface area contributed by atoms with E-state index in [1.54, 1.807) is 32.0 Å². The molecule has 0 saturated carbocycles. The minimum absolute atomic E-state index is 0.0542. The summed E-state index contributed by atoms with van der Waals surface area (Å²) in [4.78, 5) is 21.7. The van der Waals surface area contributed by atoms with Crippen molar-refractivity contribution in [2.45, 2.75) is 50.3 Å². The lowest BCUT2D eigenvalue weighted by Gasteiger charge is -2.28. The van der Waals surface area contributed by atoms with Gasteiger partial charge in [-0.3, -0.25) is 14.9 Å². The van der Waals surface area contributed by atoms with Gasteiger partial charge in [0.05, 0.1) is 17.0 Å². The van der Waals surface area contributed by atoms with Gasteiger partial charge in [0.15, 0.2) is 9.84 Å². The first-order valence-electron chi connectivity index (χ1n) is 11.2. The minimum atomic E-state index is -4.66. The molecule has 37 heavy (non-hydrogen) atoms. The van der Waals surface area contributed by atoms with Gasteiger partial charge in [0.25, 0.3) is 0 Å². The average Bonchev–Trinajstić information content (AvgIpc) is 2.78. The van der Waals surface area contributed by atoms with Crippen molar-refractivity contribution in [2.75, 3.05) is 12.8 Å². The Morgan fingerprint density at radius 3 is 1.86 bits per heavy atom. The van der Waals surface area contributed by atoms with E-state index in [4.69, 9.17) is 5.26 Å². The number of nitriles is 1. The van der Waals surface area contributed by atoms with Crippen LogP contribution in [0.3, 0.4) is 0 Å². The summed E-state index contributed by atoms with van der Waals surface area (Å²) in [6.45, 7) is 4.59. The first kappa shape index (κ1) is 31.6. The molecule has 2 amide bonds. The fourth-order valence-corrected chi connectivity index (χ4v) is 3.95. The van der Waals surface area contributed by atoms with E-state index in [0.29, 0.717) is 11.1 Å². The van der Waals surface area contributed by atoms with E-state index in [9.17, 15) is 31.2 Å². The summed E-state index contributed by atoms with van der Waals surface area (Å²) in [5, 5.41) is 13.4. The number of carbonyl (C=O) groups is 2. The first-order chi connectivity index (χ1) is 17.1. The standard InChI is InChI=1S/C23H26F3N3O3S.C2H5NO/c1-15(2)14-20(22(30)28-13-12-27)29-21(23(24,25)26)18-6-4-16(5-7-18)17-8-10-19(11-9-17)33(3,31)32;1-2(3)4/h4-11,15,20-21,29H,13-14H2,1-3H3,(H,28,30);1H3,(H2,3,4)/t20-,21?;/m0./s1. The number of nitrogens with two attached hydrogens (primary N) is 1. The maximum absolute atomic E-state index is 13.9. The molecule has 0 heterocycles. The second kappa shape index (κ2) is 13.8. The van der Waals surface area contributed by atoms with Gasteiger partial charge in [0.1, 0.15) is 12.6 Å². The summed E-state index contributed by atoms with van der Waals surface area (Å²) in [6, 6.07) is 10.2. The third-order valence-corrected chi connectivity index (χ3v) is 6.05. The Hall–Kier alpha value is -3.43. The van der Waals surface area contributed by atoms with Crippen LogP contribution in [0.25, 0.3) is 11.1 Å². The number of primary amides is 1. The lowest BCUT2D eigenvalue weighted by molar-refractivity contribution is -0.161. The van der Waals surface area contributed by atoms with Crippen LogP contribution in [-0.4, -0.2) is 45.3 Å². The Bertz CT molecular complexity index is 1190. The Morgan fingerprint density at radius 1 is 1.03 bits per heavy atom. The Morgan fingerprint density at radius 2 is 1.49 bits per heavy atom. The normalized spacial score (nSPS) is 13.1. The van der Waals surface area contributed by atoms with Crippen molar-refractivity contribution in [3.05, 3.63) is 54.1 Å². The van der Waals surface area contributed by atoms with Gasteiger partial charge in [-0.15, -0.1) is 0 Å². The highest BCUT2D eigenvalue weighted by Gasteiger charge is 2.42. The molecule has 4 N–H and O–H groups in total. The van der Waals surface area contributed by atoms with Crippen LogP contribution in [0, 0.1) is 17.2 Å². The van der Waals surface area contributed by atoms with Gasteiger partial charge in [0, 0.05) is 13.2 Å². The predicted molar refractivity (Wildman–Crippen MR) is 134 cm³/mol. The molecule has 0 saturated heterocycles. The van der Waals surface area contributed by atoms with Crippen LogP contribution < -0.4 is 16.4 Å². The molecule has 0 aliphatic carbocycles. The Labute approximate surface area is 215 Å². The van der Waals surface area contributed by atoms with Crippen LogP contribution >= 0.6 is 0 Å². The zero-order valence-electron chi connectivity index (χ0n) is 21.0. The fourth-order valence-electron chi connectivity index (χ4n) is 3.32. The van der Waals surface area contributed by atoms with Crippen molar-refractivity contribution in [3.63, 3.8) is 0 Å². The smallest absolute Gasteiger partial charge is 0.370 e. The van der Waals surface area contributed by atoms with E-state index >= 15 is 0 Å². The highest BCUT2D eigenvalue weighted by atomic mass is 32.2.